The summed E-state index contributed by atoms with van der Waals surface area (Å²) < 4.78 is 10.2. The topological polar surface area (TPSA) is 58.9 Å². The van der Waals surface area contributed by atoms with Gasteiger partial charge in [-0.15, -0.1) is 26.3 Å². The van der Waals surface area contributed by atoms with Gasteiger partial charge >= 0.3 is 0 Å². The van der Waals surface area contributed by atoms with Crippen LogP contribution in [0.25, 0.3) is 0 Å². The molecular weight excluding hydrogens is 3020 g/mol. The molecule has 0 heterocycles. The zero-order valence-corrected chi connectivity index (χ0v) is 86.6. The molecule has 24 heteroatoms. The van der Waals surface area contributed by atoms with E-state index < -0.39 is 0 Å². The number of allylic oxidation sites excluding steroid dienone is 4. The summed E-state index contributed by atoms with van der Waals surface area (Å²) in [6.45, 7) is 41.5. The van der Waals surface area contributed by atoms with Crippen LogP contribution in [-0.2, 0) is 262 Å². The predicted octanol–water partition coefficient (Wildman–Crippen LogP) is 17.2. The molecule has 4 atom stereocenters. The minimum absolute atomic E-state index is 0. The zero-order chi connectivity index (χ0) is 42.4. The molecule has 0 amide bonds. The normalized spacial score (nSPS) is 11.9. The van der Waals surface area contributed by atoms with Gasteiger partial charge in [-0.05, 0) is 92.9 Å². The van der Waals surface area contributed by atoms with Gasteiger partial charge in [0.2, 0.25) is 0 Å². The summed E-state index contributed by atoms with van der Waals surface area (Å²) in [5.41, 5.74) is 2.33. The van der Waals surface area contributed by atoms with Crippen LogP contribution in [0.4, 0.5) is 18.8 Å². The van der Waals surface area contributed by atoms with Gasteiger partial charge < -0.3 is 19.3 Å². The quantitative estimate of drug-likeness (QED) is 0.164. The second-order valence-corrected chi connectivity index (χ2v) is 13.2. The maximum atomic E-state index is 8.91. The fraction of sp³-hybridized carbons (Fsp3) is 0.826. The van der Waals surface area contributed by atoms with Crippen molar-refractivity contribution in [1.82, 2.24) is 0 Å². The molecule has 440 valence electrons. The first kappa shape index (κ1) is 171. The Kier molecular flexibility index (Phi) is 435. The Balaban J connectivity index is -0.0000000126. The van der Waals surface area contributed by atoms with Crippen LogP contribution in [0.5, 0.6) is 0 Å². The zero-order valence-electron chi connectivity index (χ0n) is 46.2. The van der Waals surface area contributed by atoms with Gasteiger partial charge in [0.25, 0.3) is 0 Å². The molecule has 2 N–H and O–H groups in total. The van der Waals surface area contributed by atoms with Crippen molar-refractivity contribution in [2.45, 2.75) is 250 Å². The fourth-order valence-corrected chi connectivity index (χ4v) is 5.11. The summed E-state index contributed by atoms with van der Waals surface area (Å²) in [6, 6.07) is 0. The first-order valence-electron chi connectivity index (χ1n) is 21.4. The van der Waals surface area contributed by atoms with Crippen LogP contribution in [0.3, 0.4) is 0 Å². The number of hydrogen-bond donors (Lipinski definition) is 2. The summed E-state index contributed by atoms with van der Waals surface area (Å²) in [7, 11) is 4.69. The fourth-order valence-electron chi connectivity index (χ4n) is 4.56. The van der Waals surface area contributed by atoms with Gasteiger partial charge in [0.15, 0.2) is 0 Å². The molecule has 0 radical (unpaired) electrons. The molecule has 4 fully saturated rings. The predicted molar refractivity (Wildman–Crippen MR) is 284 cm³/mol. The van der Waals surface area contributed by atoms with Crippen molar-refractivity contribution in [2.75, 3.05) is 0 Å². The van der Waals surface area contributed by atoms with E-state index in [4.69, 9.17) is 19.3 Å². The van der Waals surface area contributed by atoms with E-state index in [-0.39, 0.29) is 304 Å². The van der Waals surface area contributed by atoms with Crippen LogP contribution in [0, 0.1) is 0 Å². The van der Waals surface area contributed by atoms with Crippen molar-refractivity contribution < 1.29 is 291 Å². The van der Waals surface area contributed by atoms with E-state index in [0.717, 1.165) is 25.7 Å². The molecule has 4 unspecified atom stereocenters. The van der Waals surface area contributed by atoms with Crippen LogP contribution < -0.4 is 0 Å². The second kappa shape index (κ2) is 178. The summed E-state index contributed by atoms with van der Waals surface area (Å²) in [5.74, 6) is 0. The van der Waals surface area contributed by atoms with Crippen LogP contribution in [0.15, 0.2) is 49.6 Å². The van der Waals surface area contributed by atoms with Crippen LogP contribution >= 0.6 is 38.7 Å². The molecule has 4 aliphatic carbocycles. The molecule has 0 aromatic carbocycles. The number of aliphatic hydroxyl groups excluding tert-OH is 2. The van der Waals surface area contributed by atoms with Crippen molar-refractivity contribution >= 4 is 38.7 Å². The summed E-state index contributed by atoms with van der Waals surface area (Å²) in [6.07, 6.45) is 29.8. The first-order valence-corrected chi connectivity index (χ1v) is 22.3. The largest absolute Gasteiger partial charge is 0.393 e. The van der Waals surface area contributed by atoms with Crippen LogP contribution in [-0.4, -0.2) is 34.6 Å². The Labute approximate surface area is 619 Å². The monoisotopic (exact) mass is 3140 g/mol. The Hall–Kier alpha value is 8.50. The third kappa shape index (κ3) is 220. The van der Waals surface area contributed by atoms with Gasteiger partial charge in [-0.1, -0.05) is 156 Å². The number of halogens is 4. The van der Waals surface area contributed by atoms with Crippen LogP contribution in [0.1, 0.15) is 225 Å². The minimum atomic E-state index is 0. The Bertz CT molecular complexity index is 605. The average molecular weight is 3140 g/mol. The molecular formula is C46H112F4O4P4W12. The molecule has 4 aliphatic rings. The summed E-state index contributed by atoms with van der Waals surface area (Å²) in [4.78, 5) is 0. The van der Waals surface area contributed by atoms with E-state index in [9.17, 15) is 0 Å². The molecule has 0 bridgehead atoms. The van der Waals surface area contributed by atoms with Crippen molar-refractivity contribution in [3.05, 3.63) is 49.6 Å². The number of hydrogen-bond acceptors (Lipinski definition) is 4. The van der Waals surface area contributed by atoms with Gasteiger partial charge in [-0.3, -0.25) is 18.8 Å². The molecule has 4 rings (SSSR count). The van der Waals surface area contributed by atoms with Crippen molar-refractivity contribution in [1.29, 1.82) is 0 Å². The molecule has 0 spiro atoms. The molecule has 0 aliphatic heterocycles. The number of aliphatic hydroxyl groups is 2. The van der Waals surface area contributed by atoms with E-state index in [1.54, 1.807) is 12.2 Å². The summed E-state index contributed by atoms with van der Waals surface area (Å²) >= 11 is 0. The van der Waals surface area contributed by atoms with Crippen molar-refractivity contribution in [3.63, 3.8) is 0 Å². The number of rotatable bonds is 2. The van der Waals surface area contributed by atoms with Gasteiger partial charge in [-0.25, -0.2) is 0 Å². The van der Waals surface area contributed by atoms with Gasteiger partial charge in [0.05, 0.1) is 24.4 Å². The SMILES string of the molecule is C=C(C)C.C=C(C)C.C=CC.C=CC.CC.CC.CC.CC.F.F.F.F.OC1CCCCC1.OC1CCCCC1.P.P.POC1CCCCC1.POC1CCCCC1.[W].[W].[W].[W].[W].[W].[W].[W].[W].[W].[W].[W]. The van der Waals surface area contributed by atoms with Crippen molar-refractivity contribution in [2.24, 2.45) is 0 Å². The van der Waals surface area contributed by atoms with E-state index in [0.29, 0.717) is 12.2 Å². The van der Waals surface area contributed by atoms with Crippen LogP contribution in [0.2, 0.25) is 0 Å². The molecule has 70 heavy (non-hydrogen) atoms. The third-order valence-electron chi connectivity index (χ3n) is 6.64. The molecule has 4 nitrogen and oxygen atoms in total. The standard InChI is InChI=1S/2C6H13OP.2C6H12O.2C4H8.2C3H6.4C2H6.4FH.2H3P.12W/c2*8-7-6-4-2-1-3-5-6;2*7-6-4-2-1-3-5-6;2*1-4(2)3;2*1-3-2;4*1-2;;;;;;;;;;;;;;;;;;/h2*6H,1-5,8H2;2*6-7H,1-5H2;2*1H2,2-3H3;2*3H,1H2,2H3;4*1-2H3;4*1H;2*1H3;;;;;;;;;;;;. The molecule has 0 aromatic rings. The Morgan fingerprint density at radius 1 is 0.371 bits per heavy atom. The maximum Gasteiger partial charge on any atom is 0.0610 e. The van der Waals surface area contributed by atoms with E-state index in [2.05, 4.69) is 45.2 Å². The van der Waals surface area contributed by atoms with Gasteiger partial charge in [0.1, 0.15) is 0 Å². The average Bonchev–Trinajstić information content (AvgIpc) is 3.17. The second-order valence-electron chi connectivity index (χ2n) is 12.6. The Morgan fingerprint density at radius 2 is 0.471 bits per heavy atom. The van der Waals surface area contributed by atoms with E-state index in [1.165, 1.54) is 114 Å². The molecule has 0 aromatic heterocycles. The van der Waals surface area contributed by atoms with Gasteiger partial charge in [-0.2, -0.15) is 19.8 Å². The summed E-state index contributed by atoms with van der Waals surface area (Å²) in [5, 5.41) is 17.8. The van der Waals surface area contributed by atoms with Gasteiger partial charge in [0, 0.05) is 272 Å². The van der Waals surface area contributed by atoms with Crippen molar-refractivity contribution in [3.8, 4) is 0 Å². The minimum Gasteiger partial charge on any atom is -0.393 e. The molecule has 4 saturated carbocycles. The smallest absolute Gasteiger partial charge is 0.0610 e. The first-order chi connectivity index (χ1) is 24.9. The van der Waals surface area contributed by atoms with E-state index >= 15 is 0 Å². The third-order valence-corrected chi connectivity index (χ3v) is 7.41. The van der Waals surface area contributed by atoms with E-state index in [1.807, 2.05) is 96.9 Å². The molecule has 0 saturated heterocycles. The maximum absolute atomic E-state index is 8.91. The Morgan fingerprint density at radius 3 is 0.529 bits per heavy atom.